The molecule has 0 radical (unpaired) electrons. The maximum Gasteiger partial charge on any atom is 0.319 e. The average Bonchev–Trinajstić information content (AvgIpc) is 3.40. The van der Waals surface area contributed by atoms with E-state index in [2.05, 4.69) is 25.7 Å². The smallest absolute Gasteiger partial charge is 0.319 e. The lowest BCUT2D eigenvalue weighted by Gasteiger charge is -2.13. The van der Waals surface area contributed by atoms with Gasteiger partial charge in [-0.3, -0.25) is 14.5 Å². The van der Waals surface area contributed by atoms with Gasteiger partial charge in [-0.1, -0.05) is 30.0 Å². The molecule has 4 amide bonds. The van der Waals surface area contributed by atoms with Crippen LogP contribution in [0.1, 0.15) is 11.1 Å². The van der Waals surface area contributed by atoms with Crippen LogP contribution in [0.5, 0.6) is 0 Å². The number of rotatable bonds is 6. The van der Waals surface area contributed by atoms with Crippen LogP contribution in [0.4, 0.5) is 15.3 Å². The molecule has 2 aromatic heterocycles. The highest BCUT2D eigenvalue weighted by Gasteiger charge is 2.29. The van der Waals surface area contributed by atoms with Crippen LogP contribution in [0.25, 0.3) is 5.82 Å². The fourth-order valence-electron chi connectivity index (χ4n) is 2.85. The third-order valence-electron chi connectivity index (χ3n) is 4.34. The molecule has 11 heteroatoms. The number of imide groups is 1. The van der Waals surface area contributed by atoms with E-state index in [1.807, 2.05) is 6.07 Å². The Bertz CT molecular complexity index is 1050. The SMILES string of the molecule is O=C(NCc1cccnc1-n1cncn1)Nc1ccc(CN2C(=O)CSC2=O)cc1. The summed E-state index contributed by atoms with van der Waals surface area (Å²) in [6, 6.07) is 10.2. The number of carbonyl (C=O) groups excluding carboxylic acids is 3. The van der Waals surface area contributed by atoms with Crippen molar-refractivity contribution >= 4 is 34.6 Å². The molecule has 2 N–H and O–H groups in total. The molecule has 3 heterocycles. The molecule has 0 atom stereocenters. The Morgan fingerprint density at radius 2 is 2.00 bits per heavy atom. The number of urea groups is 1. The molecule has 30 heavy (non-hydrogen) atoms. The summed E-state index contributed by atoms with van der Waals surface area (Å²) in [6.07, 6.45) is 4.59. The molecule has 0 bridgehead atoms. The Morgan fingerprint density at radius 3 is 2.70 bits per heavy atom. The second-order valence-corrected chi connectivity index (χ2v) is 7.29. The first kappa shape index (κ1) is 19.6. The number of nitrogens with one attached hydrogen (secondary N) is 2. The molecule has 10 nitrogen and oxygen atoms in total. The van der Waals surface area contributed by atoms with E-state index < -0.39 is 0 Å². The number of pyridine rings is 1. The van der Waals surface area contributed by atoms with E-state index in [4.69, 9.17) is 0 Å². The lowest BCUT2D eigenvalue weighted by molar-refractivity contribution is -0.125. The molecule has 4 rings (SSSR count). The minimum absolute atomic E-state index is 0.188. The summed E-state index contributed by atoms with van der Waals surface area (Å²) in [5.74, 6) is 0.588. The predicted octanol–water partition coefficient (Wildman–Crippen LogP) is 2.18. The second kappa shape index (κ2) is 8.74. The summed E-state index contributed by atoms with van der Waals surface area (Å²) >= 11 is 1.01. The molecule has 3 aromatic rings. The van der Waals surface area contributed by atoms with Gasteiger partial charge in [0, 0.05) is 24.0 Å². The summed E-state index contributed by atoms with van der Waals surface area (Å²) in [4.78, 5) is 45.0. The molecule has 0 saturated carbocycles. The maximum absolute atomic E-state index is 12.3. The lowest BCUT2D eigenvalue weighted by Crippen LogP contribution is -2.29. The summed E-state index contributed by atoms with van der Waals surface area (Å²) in [6.45, 7) is 0.479. The standard InChI is InChI=1S/C19H17N7O3S/c27-16-10-30-19(29)25(16)9-13-3-5-15(6-4-13)24-18(28)22-8-14-2-1-7-21-17(14)26-12-20-11-23-26/h1-7,11-12H,8-10H2,(H2,22,24,28). The Hall–Kier alpha value is -3.73. The van der Waals surface area contributed by atoms with Crippen molar-refractivity contribution in [1.29, 1.82) is 0 Å². The van der Waals surface area contributed by atoms with Crippen LogP contribution in [-0.4, -0.2) is 47.6 Å². The second-order valence-electron chi connectivity index (χ2n) is 6.37. The van der Waals surface area contributed by atoms with Crippen molar-refractivity contribution in [3.63, 3.8) is 0 Å². The molecule has 152 valence electrons. The first-order chi connectivity index (χ1) is 14.6. The van der Waals surface area contributed by atoms with Crippen molar-refractivity contribution in [1.82, 2.24) is 30.0 Å². The molecule has 1 aliphatic heterocycles. The minimum atomic E-state index is -0.377. The largest absolute Gasteiger partial charge is 0.334 e. The van der Waals surface area contributed by atoms with Crippen molar-refractivity contribution in [3.05, 3.63) is 66.4 Å². The first-order valence-electron chi connectivity index (χ1n) is 9.00. The number of hydrogen-bond donors (Lipinski definition) is 2. The zero-order chi connectivity index (χ0) is 20.9. The fourth-order valence-corrected chi connectivity index (χ4v) is 3.58. The first-order valence-corrected chi connectivity index (χ1v) is 9.98. The molecule has 1 fully saturated rings. The van der Waals surface area contributed by atoms with E-state index in [0.717, 1.165) is 22.9 Å². The van der Waals surface area contributed by atoms with E-state index in [1.54, 1.807) is 36.5 Å². The van der Waals surface area contributed by atoms with Gasteiger partial charge in [-0.2, -0.15) is 5.10 Å². The predicted molar refractivity (Wildman–Crippen MR) is 110 cm³/mol. The average molecular weight is 423 g/mol. The van der Waals surface area contributed by atoms with E-state index in [9.17, 15) is 14.4 Å². The summed E-state index contributed by atoms with van der Waals surface area (Å²) in [5.41, 5.74) is 2.18. The van der Waals surface area contributed by atoms with Gasteiger partial charge in [0.25, 0.3) is 5.24 Å². The van der Waals surface area contributed by atoms with Crippen molar-refractivity contribution < 1.29 is 14.4 Å². The van der Waals surface area contributed by atoms with Crippen LogP contribution in [0.2, 0.25) is 0 Å². The molecule has 1 aliphatic rings. The molecule has 0 spiro atoms. The van der Waals surface area contributed by atoms with Gasteiger partial charge in [-0.15, -0.1) is 0 Å². The number of amides is 4. The third-order valence-corrected chi connectivity index (χ3v) is 5.19. The topological polar surface area (TPSA) is 122 Å². The van der Waals surface area contributed by atoms with Gasteiger partial charge in [0.2, 0.25) is 5.91 Å². The molecule has 1 saturated heterocycles. The Morgan fingerprint density at radius 1 is 1.17 bits per heavy atom. The van der Waals surface area contributed by atoms with E-state index in [0.29, 0.717) is 11.5 Å². The quantitative estimate of drug-likeness (QED) is 0.623. The van der Waals surface area contributed by atoms with Crippen LogP contribution < -0.4 is 10.6 Å². The van der Waals surface area contributed by atoms with Gasteiger partial charge in [0.05, 0.1) is 12.3 Å². The number of thioether (sulfide) groups is 1. The van der Waals surface area contributed by atoms with E-state index in [-0.39, 0.29) is 36.0 Å². The molecular weight excluding hydrogens is 406 g/mol. The van der Waals surface area contributed by atoms with Crippen molar-refractivity contribution in [2.24, 2.45) is 0 Å². The Kier molecular flexibility index (Phi) is 5.70. The van der Waals surface area contributed by atoms with Crippen LogP contribution in [0, 0.1) is 0 Å². The highest BCUT2D eigenvalue weighted by atomic mass is 32.2. The molecule has 0 aliphatic carbocycles. The highest BCUT2D eigenvalue weighted by Crippen LogP contribution is 2.21. The van der Waals surface area contributed by atoms with Crippen LogP contribution in [0.3, 0.4) is 0 Å². The van der Waals surface area contributed by atoms with Crippen LogP contribution in [-0.2, 0) is 17.9 Å². The lowest BCUT2D eigenvalue weighted by atomic mass is 10.2. The highest BCUT2D eigenvalue weighted by molar-refractivity contribution is 8.14. The summed E-state index contributed by atoms with van der Waals surface area (Å²) in [5, 5.41) is 9.36. The van der Waals surface area contributed by atoms with E-state index in [1.165, 1.54) is 22.2 Å². The number of carbonyl (C=O) groups is 3. The van der Waals surface area contributed by atoms with Gasteiger partial charge in [-0.25, -0.2) is 19.4 Å². The van der Waals surface area contributed by atoms with Crippen molar-refractivity contribution in [2.75, 3.05) is 11.1 Å². The molecular formula is C19H17N7O3S. The molecule has 0 unspecified atom stereocenters. The molecule has 1 aromatic carbocycles. The van der Waals surface area contributed by atoms with Crippen LogP contribution >= 0.6 is 11.8 Å². The fraction of sp³-hybridized carbons (Fsp3) is 0.158. The third kappa shape index (κ3) is 4.46. The Balaban J connectivity index is 1.33. The number of hydrogen-bond acceptors (Lipinski definition) is 7. The van der Waals surface area contributed by atoms with Gasteiger partial charge >= 0.3 is 6.03 Å². The number of nitrogens with zero attached hydrogens (tertiary/aromatic N) is 5. The summed E-state index contributed by atoms with van der Waals surface area (Å²) in [7, 11) is 0. The van der Waals surface area contributed by atoms with Crippen molar-refractivity contribution in [3.8, 4) is 5.82 Å². The van der Waals surface area contributed by atoms with Gasteiger partial charge in [-0.05, 0) is 23.8 Å². The number of aromatic nitrogens is 4. The number of anilines is 1. The Labute approximate surface area is 175 Å². The van der Waals surface area contributed by atoms with E-state index >= 15 is 0 Å². The normalized spacial score (nSPS) is 13.5. The maximum atomic E-state index is 12.3. The number of benzene rings is 1. The van der Waals surface area contributed by atoms with Gasteiger partial charge in [0.1, 0.15) is 12.7 Å². The summed E-state index contributed by atoms with van der Waals surface area (Å²) < 4.78 is 1.53. The van der Waals surface area contributed by atoms with Crippen molar-refractivity contribution in [2.45, 2.75) is 13.1 Å². The van der Waals surface area contributed by atoms with Crippen LogP contribution in [0.15, 0.2) is 55.2 Å². The zero-order valence-electron chi connectivity index (χ0n) is 15.7. The van der Waals surface area contributed by atoms with Gasteiger partial charge < -0.3 is 10.6 Å². The monoisotopic (exact) mass is 423 g/mol. The van der Waals surface area contributed by atoms with Gasteiger partial charge in [0.15, 0.2) is 5.82 Å². The minimum Gasteiger partial charge on any atom is -0.334 e. The zero-order valence-corrected chi connectivity index (χ0v) is 16.5.